The second-order valence-corrected chi connectivity index (χ2v) is 7.00. The average Bonchev–Trinajstić information content (AvgIpc) is 2.49. The van der Waals surface area contributed by atoms with Gasteiger partial charge in [0.1, 0.15) is 11.4 Å². The summed E-state index contributed by atoms with van der Waals surface area (Å²) in [5.74, 6) is 1.33. The summed E-state index contributed by atoms with van der Waals surface area (Å²) in [6, 6.07) is 5.75. The Labute approximate surface area is 139 Å². The second-order valence-electron chi connectivity index (χ2n) is 7.00. The zero-order valence-corrected chi connectivity index (χ0v) is 14.9. The number of rotatable bonds is 5. The molecule has 1 amide bonds. The van der Waals surface area contributed by atoms with Gasteiger partial charge < -0.3 is 14.8 Å². The lowest BCUT2D eigenvalue weighted by molar-refractivity contribution is -0.143. The molecule has 0 saturated heterocycles. The first-order valence-corrected chi connectivity index (χ1v) is 8.50. The van der Waals surface area contributed by atoms with Crippen molar-refractivity contribution < 1.29 is 14.3 Å². The highest BCUT2D eigenvalue weighted by Crippen LogP contribution is 2.36. The van der Waals surface area contributed by atoms with Gasteiger partial charge in [0, 0.05) is 12.8 Å². The minimum Gasteiger partial charge on any atom is -0.491 e. The number of hydrogen-bond donors (Lipinski definition) is 1. The average molecular weight is 319 g/mol. The maximum Gasteiger partial charge on any atom is 0.256 e. The Kier molecular flexibility index (Phi) is 5.69. The van der Waals surface area contributed by atoms with Crippen molar-refractivity contribution >= 4 is 11.6 Å². The van der Waals surface area contributed by atoms with Gasteiger partial charge in [-0.3, -0.25) is 4.79 Å². The molecule has 1 aliphatic carbocycles. The van der Waals surface area contributed by atoms with Gasteiger partial charge in [-0.2, -0.15) is 0 Å². The number of aryl methyl sites for hydroxylation is 1. The van der Waals surface area contributed by atoms with E-state index in [2.05, 4.69) is 12.2 Å². The van der Waals surface area contributed by atoms with Crippen molar-refractivity contribution in [2.24, 2.45) is 5.92 Å². The third kappa shape index (κ3) is 4.25. The number of carbonyl (C=O) groups excluding carboxylic acids is 1. The number of carbonyl (C=O) groups is 1. The number of methoxy groups -OCH3 is 1. The predicted octanol–water partition coefficient (Wildman–Crippen LogP) is 4.32. The van der Waals surface area contributed by atoms with E-state index >= 15 is 0 Å². The molecule has 2 rings (SSSR count). The van der Waals surface area contributed by atoms with Crippen LogP contribution in [0.25, 0.3) is 0 Å². The fraction of sp³-hybridized carbons (Fsp3) is 0.632. The van der Waals surface area contributed by atoms with Crippen LogP contribution in [0.3, 0.4) is 0 Å². The van der Waals surface area contributed by atoms with Crippen LogP contribution in [0.15, 0.2) is 18.2 Å². The van der Waals surface area contributed by atoms with Crippen molar-refractivity contribution in [2.45, 2.75) is 65.1 Å². The lowest BCUT2D eigenvalue weighted by Gasteiger charge is -2.37. The molecule has 0 radical (unpaired) electrons. The SMILES string of the molecule is CO[C@@]1(C(=O)Nc2ccc(OC(C)C)c(C)c2)CCC[C@@H](C)C1. The van der Waals surface area contributed by atoms with Crippen LogP contribution in [0.1, 0.15) is 52.0 Å². The molecule has 2 atom stereocenters. The molecule has 128 valence electrons. The van der Waals surface area contributed by atoms with E-state index in [9.17, 15) is 4.79 Å². The van der Waals surface area contributed by atoms with Crippen LogP contribution >= 0.6 is 0 Å². The normalized spacial score (nSPS) is 24.5. The first-order chi connectivity index (χ1) is 10.9. The lowest BCUT2D eigenvalue weighted by atomic mass is 9.78. The van der Waals surface area contributed by atoms with E-state index in [0.717, 1.165) is 36.3 Å². The first-order valence-electron chi connectivity index (χ1n) is 8.50. The largest absolute Gasteiger partial charge is 0.491 e. The Bertz CT molecular complexity index is 556. The molecule has 0 bridgehead atoms. The zero-order chi connectivity index (χ0) is 17.0. The summed E-state index contributed by atoms with van der Waals surface area (Å²) in [6.45, 7) is 8.17. The standard InChI is InChI=1S/C19H29NO3/c1-13(2)23-17-9-8-16(11-15(17)4)20-18(21)19(22-5)10-6-7-14(3)12-19/h8-9,11,13-14H,6-7,10,12H2,1-5H3,(H,20,21)/t14-,19+/m1/s1. The number of hydrogen-bond acceptors (Lipinski definition) is 3. The van der Waals surface area contributed by atoms with Crippen LogP contribution < -0.4 is 10.1 Å². The summed E-state index contributed by atoms with van der Waals surface area (Å²) in [4.78, 5) is 12.8. The van der Waals surface area contributed by atoms with Gasteiger partial charge in [-0.25, -0.2) is 0 Å². The van der Waals surface area contributed by atoms with E-state index in [1.807, 2.05) is 39.0 Å². The molecule has 1 fully saturated rings. The highest BCUT2D eigenvalue weighted by atomic mass is 16.5. The van der Waals surface area contributed by atoms with Crippen molar-refractivity contribution in [2.75, 3.05) is 12.4 Å². The van der Waals surface area contributed by atoms with Gasteiger partial charge in [-0.1, -0.05) is 13.3 Å². The molecule has 0 aromatic heterocycles. The molecule has 1 saturated carbocycles. The molecular formula is C19H29NO3. The quantitative estimate of drug-likeness (QED) is 0.879. The smallest absolute Gasteiger partial charge is 0.256 e. The van der Waals surface area contributed by atoms with E-state index in [4.69, 9.17) is 9.47 Å². The summed E-state index contributed by atoms with van der Waals surface area (Å²) in [7, 11) is 1.64. The summed E-state index contributed by atoms with van der Waals surface area (Å²) in [5.41, 5.74) is 1.11. The van der Waals surface area contributed by atoms with Gasteiger partial charge in [-0.15, -0.1) is 0 Å². The molecule has 1 aromatic carbocycles. The van der Waals surface area contributed by atoms with E-state index in [-0.39, 0.29) is 12.0 Å². The van der Waals surface area contributed by atoms with Gasteiger partial charge in [0.2, 0.25) is 0 Å². The van der Waals surface area contributed by atoms with Crippen LogP contribution in [0.5, 0.6) is 5.75 Å². The van der Waals surface area contributed by atoms with E-state index in [1.165, 1.54) is 6.42 Å². The maximum absolute atomic E-state index is 12.8. The number of amides is 1. The topological polar surface area (TPSA) is 47.6 Å². The van der Waals surface area contributed by atoms with Crippen LogP contribution in [0, 0.1) is 12.8 Å². The van der Waals surface area contributed by atoms with Crippen LogP contribution in [0.2, 0.25) is 0 Å². The monoisotopic (exact) mass is 319 g/mol. The molecule has 1 N–H and O–H groups in total. The number of anilines is 1. The fourth-order valence-corrected chi connectivity index (χ4v) is 3.35. The van der Waals surface area contributed by atoms with Gasteiger partial charge in [0.15, 0.2) is 0 Å². The Balaban J connectivity index is 2.11. The lowest BCUT2D eigenvalue weighted by Crippen LogP contribution is -2.47. The van der Waals surface area contributed by atoms with Crippen molar-refractivity contribution in [1.29, 1.82) is 0 Å². The minimum atomic E-state index is -0.696. The minimum absolute atomic E-state index is 0.0384. The Morgan fingerprint density at radius 3 is 2.70 bits per heavy atom. The highest BCUT2D eigenvalue weighted by Gasteiger charge is 2.42. The first kappa shape index (κ1) is 17.8. The number of ether oxygens (including phenoxy) is 2. The summed E-state index contributed by atoms with van der Waals surface area (Å²) >= 11 is 0. The van der Waals surface area contributed by atoms with Gasteiger partial charge in [-0.05, 0) is 69.7 Å². The Hall–Kier alpha value is -1.55. The van der Waals surface area contributed by atoms with Crippen molar-refractivity contribution in [1.82, 2.24) is 0 Å². The van der Waals surface area contributed by atoms with E-state index in [0.29, 0.717) is 5.92 Å². The van der Waals surface area contributed by atoms with Crippen molar-refractivity contribution in [3.63, 3.8) is 0 Å². The van der Waals surface area contributed by atoms with Gasteiger partial charge in [0.05, 0.1) is 6.10 Å². The molecule has 4 heteroatoms. The predicted molar refractivity (Wildman–Crippen MR) is 92.9 cm³/mol. The van der Waals surface area contributed by atoms with Crippen LogP contribution in [0.4, 0.5) is 5.69 Å². The summed E-state index contributed by atoms with van der Waals surface area (Å²) in [6.07, 6.45) is 3.90. The molecule has 4 nitrogen and oxygen atoms in total. The molecule has 0 unspecified atom stereocenters. The molecule has 1 aromatic rings. The van der Waals surface area contributed by atoms with Crippen molar-refractivity contribution in [3.05, 3.63) is 23.8 Å². The van der Waals surface area contributed by atoms with Crippen LogP contribution in [-0.4, -0.2) is 24.7 Å². The molecule has 0 heterocycles. The van der Waals surface area contributed by atoms with Crippen LogP contribution in [-0.2, 0) is 9.53 Å². The third-order valence-corrected chi connectivity index (χ3v) is 4.56. The van der Waals surface area contributed by atoms with E-state index < -0.39 is 5.60 Å². The summed E-state index contributed by atoms with van der Waals surface area (Å²) < 4.78 is 11.4. The molecule has 0 spiro atoms. The molecule has 0 aliphatic heterocycles. The number of benzene rings is 1. The Morgan fingerprint density at radius 2 is 2.13 bits per heavy atom. The second kappa shape index (κ2) is 7.35. The van der Waals surface area contributed by atoms with Gasteiger partial charge >= 0.3 is 0 Å². The van der Waals surface area contributed by atoms with E-state index in [1.54, 1.807) is 7.11 Å². The highest BCUT2D eigenvalue weighted by molar-refractivity contribution is 5.97. The fourth-order valence-electron chi connectivity index (χ4n) is 3.35. The van der Waals surface area contributed by atoms with Crippen molar-refractivity contribution in [3.8, 4) is 5.75 Å². The third-order valence-electron chi connectivity index (χ3n) is 4.56. The zero-order valence-electron chi connectivity index (χ0n) is 14.9. The molecule has 1 aliphatic rings. The maximum atomic E-state index is 12.8. The molecular weight excluding hydrogens is 290 g/mol. The number of nitrogens with one attached hydrogen (secondary N) is 1. The van der Waals surface area contributed by atoms with Gasteiger partial charge in [0.25, 0.3) is 5.91 Å². The summed E-state index contributed by atoms with van der Waals surface area (Å²) in [5, 5.41) is 3.03. The Morgan fingerprint density at radius 1 is 1.39 bits per heavy atom. The molecule has 23 heavy (non-hydrogen) atoms.